The summed E-state index contributed by atoms with van der Waals surface area (Å²) in [5.41, 5.74) is 1.57. The van der Waals surface area contributed by atoms with Gasteiger partial charge in [-0.2, -0.15) is 4.98 Å². The van der Waals surface area contributed by atoms with Crippen molar-refractivity contribution in [2.24, 2.45) is 0 Å². The summed E-state index contributed by atoms with van der Waals surface area (Å²) < 4.78 is 10.5. The Balaban J connectivity index is 2.07. The summed E-state index contributed by atoms with van der Waals surface area (Å²) in [6, 6.07) is 7.63. The molecule has 0 bridgehead atoms. The molecule has 0 saturated carbocycles. The number of rotatable bonds is 6. The minimum Gasteiger partial charge on any atom is -0.478 e. The van der Waals surface area contributed by atoms with E-state index in [1.54, 1.807) is 14.0 Å². The largest absolute Gasteiger partial charge is 0.478 e. The highest BCUT2D eigenvalue weighted by atomic mass is 16.5. The van der Waals surface area contributed by atoms with E-state index in [0.29, 0.717) is 18.1 Å². The zero-order chi connectivity index (χ0) is 15.2. The van der Waals surface area contributed by atoms with E-state index >= 15 is 0 Å². The monoisotopic (exact) mass is 288 g/mol. The lowest BCUT2D eigenvalue weighted by Gasteiger charge is -2.06. The predicted octanol–water partition coefficient (Wildman–Crippen LogP) is 2.46. The van der Waals surface area contributed by atoms with Gasteiger partial charge in [-0.25, -0.2) is 9.78 Å². The van der Waals surface area contributed by atoms with Crippen LogP contribution in [0.2, 0.25) is 0 Å². The van der Waals surface area contributed by atoms with Crippen molar-refractivity contribution in [2.75, 3.05) is 13.7 Å². The van der Waals surface area contributed by atoms with Crippen LogP contribution in [0.3, 0.4) is 0 Å². The van der Waals surface area contributed by atoms with Crippen LogP contribution in [0.1, 0.15) is 21.6 Å². The Bertz CT molecular complexity index is 626. The SMILES string of the molecule is COCCc1ccc(Oc2ncc(C(=O)O)c(C)n2)cc1. The molecule has 0 saturated heterocycles. The molecule has 6 heteroatoms. The third-order valence-corrected chi connectivity index (χ3v) is 2.91. The summed E-state index contributed by atoms with van der Waals surface area (Å²) in [6.45, 7) is 2.27. The maximum absolute atomic E-state index is 10.9. The molecule has 0 atom stereocenters. The summed E-state index contributed by atoms with van der Waals surface area (Å²) in [4.78, 5) is 18.8. The number of nitrogens with zero attached hydrogens (tertiary/aromatic N) is 2. The highest BCUT2D eigenvalue weighted by molar-refractivity contribution is 5.88. The van der Waals surface area contributed by atoms with Crippen molar-refractivity contribution >= 4 is 5.97 Å². The standard InChI is InChI=1S/C15H16N2O4/c1-10-13(14(18)19)9-16-15(17-10)21-12-5-3-11(4-6-12)7-8-20-2/h3-6,9H,7-8H2,1-2H3,(H,18,19). The summed E-state index contributed by atoms with van der Waals surface area (Å²) >= 11 is 0. The van der Waals surface area contributed by atoms with E-state index in [0.717, 1.165) is 12.0 Å². The van der Waals surface area contributed by atoms with Gasteiger partial charge in [-0.1, -0.05) is 12.1 Å². The molecular formula is C15H16N2O4. The molecule has 110 valence electrons. The van der Waals surface area contributed by atoms with Crippen LogP contribution in [0.4, 0.5) is 0 Å². The molecule has 0 radical (unpaired) electrons. The second-order valence-electron chi connectivity index (χ2n) is 4.45. The van der Waals surface area contributed by atoms with Gasteiger partial charge in [0.1, 0.15) is 5.75 Å². The normalized spacial score (nSPS) is 10.4. The molecule has 1 N–H and O–H groups in total. The Morgan fingerprint density at radius 3 is 2.57 bits per heavy atom. The van der Waals surface area contributed by atoms with Crippen molar-refractivity contribution in [3.63, 3.8) is 0 Å². The molecule has 21 heavy (non-hydrogen) atoms. The number of hydrogen-bond donors (Lipinski definition) is 1. The first-order valence-electron chi connectivity index (χ1n) is 6.43. The van der Waals surface area contributed by atoms with Crippen LogP contribution in [0.15, 0.2) is 30.5 Å². The van der Waals surface area contributed by atoms with E-state index in [1.165, 1.54) is 6.20 Å². The van der Waals surface area contributed by atoms with Crippen molar-refractivity contribution in [1.29, 1.82) is 0 Å². The van der Waals surface area contributed by atoms with Crippen molar-refractivity contribution < 1.29 is 19.4 Å². The molecule has 1 aromatic heterocycles. The van der Waals surface area contributed by atoms with Gasteiger partial charge in [-0.05, 0) is 31.0 Å². The number of carboxylic acid groups (broad SMARTS) is 1. The van der Waals surface area contributed by atoms with Gasteiger partial charge in [0, 0.05) is 13.3 Å². The van der Waals surface area contributed by atoms with E-state index < -0.39 is 5.97 Å². The first kappa shape index (κ1) is 14.9. The molecule has 2 aromatic rings. The molecule has 0 amide bonds. The maximum atomic E-state index is 10.9. The molecule has 1 aromatic carbocycles. The second-order valence-corrected chi connectivity index (χ2v) is 4.45. The van der Waals surface area contributed by atoms with Crippen LogP contribution in [0, 0.1) is 6.92 Å². The molecule has 0 aliphatic carbocycles. The molecule has 0 spiro atoms. The van der Waals surface area contributed by atoms with Crippen LogP contribution in [-0.2, 0) is 11.2 Å². The third-order valence-electron chi connectivity index (χ3n) is 2.91. The van der Waals surface area contributed by atoms with Crippen molar-refractivity contribution in [1.82, 2.24) is 9.97 Å². The summed E-state index contributed by atoms with van der Waals surface area (Å²) in [5.74, 6) is -0.458. The summed E-state index contributed by atoms with van der Waals surface area (Å²) in [5, 5.41) is 8.92. The number of hydrogen-bond acceptors (Lipinski definition) is 5. The van der Waals surface area contributed by atoms with Crippen LogP contribution in [0.25, 0.3) is 0 Å². The first-order valence-corrected chi connectivity index (χ1v) is 6.43. The number of carboxylic acids is 1. The van der Waals surface area contributed by atoms with Gasteiger partial charge in [0.25, 0.3) is 0 Å². The molecular weight excluding hydrogens is 272 g/mol. The fourth-order valence-electron chi connectivity index (χ4n) is 1.75. The molecule has 0 aliphatic heterocycles. The number of benzene rings is 1. The lowest BCUT2D eigenvalue weighted by atomic mass is 10.1. The van der Waals surface area contributed by atoms with Crippen LogP contribution in [0.5, 0.6) is 11.8 Å². The Morgan fingerprint density at radius 2 is 2.00 bits per heavy atom. The van der Waals surface area contributed by atoms with Crippen molar-refractivity contribution in [2.45, 2.75) is 13.3 Å². The molecule has 0 aliphatic rings. The van der Waals surface area contributed by atoms with E-state index in [1.807, 2.05) is 24.3 Å². The quantitative estimate of drug-likeness (QED) is 0.879. The van der Waals surface area contributed by atoms with Crippen molar-refractivity contribution in [3.8, 4) is 11.8 Å². The number of aromatic carboxylic acids is 1. The molecule has 0 unspecified atom stereocenters. The lowest BCUT2D eigenvalue weighted by molar-refractivity contribution is 0.0695. The molecule has 1 heterocycles. The van der Waals surface area contributed by atoms with E-state index in [9.17, 15) is 4.79 Å². The highest BCUT2D eigenvalue weighted by Crippen LogP contribution is 2.19. The van der Waals surface area contributed by atoms with Crippen LogP contribution in [-0.4, -0.2) is 34.8 Å². The van der Waals surface area contributed by atoms with Gasteiger partial charge in [-0.3, -0.25) is 0 Å². The van der Waals surface area contributed by atoms with Crippen LogP contribution < -0.4 is 4.74 Å². The average molecular weight is 288 g/mol. The number of aromatic nitrogens is 2. The first-order chi connectivity index (χ1) is 10.1. The van der Waals surface area contributed by atoms with Gasteiger partial charge >= 0.3 is 12.0 Å². The zero-order valence-electron chi connectivity index (χ0n) is 11.9. The minimum absolute atomic E-state index is 0.0669. The van der Waals surface area contributed by atoms with Crippen molar-refractivity contribution in [3.05, 3.63) is 47.3 Å². The fraction of sp³-hybridized carbons (Fsp3) is 0.267. The Kier molecular flexibility index (Phi) is 4.84. The zero-order valence-corrected chi connectivity index (χ0v) is 11.9. The Hall–Kier alpha value is -2.47. The highest BCUT2D eigenvalue weighted by Gasteiger charge is 2.10. The topological polar surface area (TPSA) is 81.5 Å². The van der Waals surface area contributed by atoms with Crippen LogP contribution >= 0.6 is 0 Å². The van der Waals surface area contributed by atoms with Gasteiger partial charge < -0.3 is 14.6 Å². The second kappa shape index (κ2) is 6.81. The molecule has 0 fully saturated rings. The number of carbonyl (C=O) groups is 1. The van der Waals surface area contributed by atoms with E-state index in [2.05, 4.69) is 9.97 Å². The maximum Gasteiger partial charge on any atom is 0.339 e. The number of aryl methyl sites for hydroxylation is 1. The van der Waals surface area contributed by atoms with E-state index in [-0.39, 0.29) is 11.6 Å². The molecule has 2 rings (SSSR count). The number of ether oxygens (including phenoxy) is 2. The van der Waals surface area contributed by atoms with Gasteiger partial charge in [-0.15, -0.1) is 0 Å². The summed E-state index contributed by atoms with van der Waals surface area (Å²) in [7, 11) is 1.66. The minimum atomic E-state index is -1.05. The predicted molar refractivity (Wildman–Crippen MR) is 75.8 cm³/mol. The Morgan fingerprint density at radius 1 is 1.29 bits per heavy atom. The average Bonchev–Trinajstić information content (AvgIpc) is 2.46. The summed E-state index contributed by atoms with van der Waals surface area (Å²) in [6.07, 6.45) is 2.08. The van der Waals surface area contributed by atoms with Gasteiger partial charge in [0.05, 0.1) is 17.9 Å². The Labute approximate surface area is 122 Å². The molecule has 6 nitrogen and oxygen atoms in total. The fourth-order valence-corrected chi connectivity index (χ4v) is 1.75. The van der Waals surface area contributed by atoms with Gasteiger partial charge in [0.2, 0.25) is 0 Å². The number of methoxy groups -OCH3 is 1. The lowest BCUT2D eigenvalue weighted by Crippen LogP contribution is -2.04. The van der Waals surface area contributed by atoms with Gasteiger partial charge in [0.15, 0.2) is 0 Å². The smallest absolute Gasteiger partial charge is 0.339 e. The van der Waals surface area contributed by atoms with E-state index in [4.69, 9.17) is 14.6 Å². The third kappa shape index (κ3) is 4.00.